The van der Waals surface area contributed by atoms with E-state index in [2.05, 4.69) is 42.5 Å². The maximum absolute atomic E-state index is 5.16. The van der Waals surface area contributed by atoms with Crippen molar-refractivity contribution in [2.75, 3.05) is 37.5 Å². The molecule has 132 valence electrons. The van der Waals surface area contributed by atoms with Gasteiger partial charge in [0.15, 0.2) is 5.82 Å². The van der Waals surface area contributed by atoms with Crippen molar-refractivity contribution in [2.45, 2.75) is 0 Å². The molecule has 3 heterocycles. The Balaban J connectivity index is 1.66. The third-order valence-corrected chi connectivity index (χ3v) is 4.32. The van der Waals surface area contributed by atoms with Crippen LogP contribution in [0.25, 0.3) is 21.8 Å². The first-order valence-corrected chi connectivity index (χ1v) is 8.41. The molecule has 0 spiro atoms. The Labute approximate surface area is 151 Å². The number of H-pyrrole nitrogens is 1. The van der Waals surface area contributed by atoms with Crippen molar-refractivity contribution >= 4 is 39.1 Å². The zero-order valence-electron chi connectivity index (χ0n) is 14.7. The number of ether oxygens (including phenoxy) is 1. The summed E-state index contributed by atoms with van der Waals surface area (Å²) in [5, 5.41) is 12.9. The molecule has 0 amide bonds. The lowest BCUT2D eigenvalue weighted by atomic mass is 10.1. The molecule has 7 heteroatoms. The highest BCUT2D eigenvalue weighted by atomic mass is 16.5. The van der Waals surface area contributed by atoms with Gasteiger partial charge in [-0.25, -0.2) is 4.98 Å². The van der Waals surface area contributed by atoms with Gasteiger partial charge in [0.1, 0.15) is 11.3 Å². The average molecular weight is 348 g/mol. The fourth-order valence-corrected chi connectivity index (χ4v) is 2.96. The van der Waals surface area contributed by atoms with Crippen LogP contribution >= 0.6 is 0 Å². The minimum absolute atomic E-state index is 0.660. The Morgan fingerprint density at radius 3 is 2.96 bits per heavy atom. The fourth-order valence-electron chi connectivity index (χ4n) is 2.96. The van der Waals surface area contributed by atoms with Crippen molar-refractivity contribution < 1.29 is 4.74 Å². The summed E-state index contributed by atoms with van der Waals surface area (Å²) in [5.41, 5.74) is 2.68. The molecule has 1 aromatic carbocycles. The van der Waals surface area contributed by atoms with Crippen LogP contribution in [0.5, 0.6) is 0 Å². The van der Waals surface area contributed by atoms with Gasteiger partial charge >= 0.3 is 0 Å². The number of pyridine rings is 2. The van der Waals surface area contributed by atoms with Crippen molar-refractivity contribution in [1.82, 2.24) is 20.2 Å². The van der Waals surface area contributed by atoms with Gasteiger partial charge in [0, 0.05) is 44.2 Å². The second-order valence-electron chi connectivity index (χ2n) is 6.08. The lowest BCUT2D eigenvalue weighted by Gasteiger charge is -2.19. The minimum Gasteiger partial charge on any atom is -0.383 e. The predicted molar refractivity (Wildman–Crippen MR) is 104 cm³/mol. The van der Waals surface area contributed by atoms with Gasteiger partial charge < -0.3 is 15.0 Å². The van der Waals surface area contributed by atoms with E-state index in [9.17, 15) is 0 Å². The number of methoxy groups -OCH3 is 1. The lowest BCUT2D eigenvalue weighted by molar-refractivity contribution is 0.206. The standard InChI is InChI=1S/C19H20N6O/c1-25(10-11-26-2)19-15-6-5-14(12-13(15)7-9-21-19)22-18-17-16(23-24-18)4-3-8-20-17/h3-9,12H,10-11H2,1-2H3,(H2,22,23,24). The number of aromatic nitrogens is 4. The molecule has 0 saturated heterocycles. The van der Waals surface area contributed by atoms with Gasteiger partial charge in [-0.1, -0.05) is 0 Å². The van der Waals surface area contributed by atoms with E-state index < -0.39 is 0 Å². The van der Waals surface area contributed by atoms with E-state index in [0.29, 0.717) is 12.4 Å². The molecule has 4 rings (SSSR count). The lowest BCUT2D eigenvalue weighted by Crippen LogP contribution is -2.23. The minimum atomic E-state index is 0.660. The second kappa shape index (κ2) is 6.97. The van der Waals surface area contributed by atoms with Crippen molar-refractivity contribution in [2.24, 2.45) is 0 Å². The highest BCUT2D eigenvalue weighted by molar-refractivity contribution is 5.95. The smallest absolute Gasteiger partial charge is 0.178 e. The molecule has 0 radical (unpaired) electrons. The van der Waals surface area contributed by atoms with Gasteiger partial charge in [0.25, 0.3) is 0 Å². The Hall–Kier alpha value is -3.19. The topological polar surface area (TPSA) is 79.0 Å². The number of fused-ring (bicyclic) bond motifs is 2. The van der Waals surface area contributed by atoms with E-state index in [1.807, 2.05) is 37.5 Å². The second-order valence-corrected chi connectivity index (χ2v) is 6.08. The van der Waals surface area contributed by atoms with Gasteiger partial charge in [0.2, 0.25) is 0 Å². The number of hydrogen-bond donors (Lipinski definition) is 2. The van der Waals surface area contributed by atoms with Gasteiger partial charge in [-0.2, -0.15) is 5.10 Å². The number of nitrogens with zero attached hydrogens (tertiary/aromatic N) is 4. The van der Waals surface area contributed by atoms with E-state index in [-0.39, 0.29) is 0 Å². The summed E-state index contributed by atoms with van der Waals surface area (Å²) in [6.07, 6.45) is 3.59. The molecule has 26 heavy (non-hydrogen) atoms. The molecule has 0 aliphatic heterocycles. The molecule has 0 saturated carbocycles. The normalized spacial score (nSPS) is 11.2. The van der Waals surface area contributed by atoms with Crippen LogP contribution < -0.4 is 10.2 Å². The van der Waals surface area contributed by atoms with Gasteiger partial charge in [-0.05, 0) is 41.8 Å². The molecular formula is C19H20N6O. The summed E-state index contributed by atoms with van der Waals surface area (Å²) in [5.74, 6) is 1.66. The number of aromatic amines is 1. The first-order chi connectivity index (χ1) is 12.8. The van der Waals surface area contributed by atoms with E-state index in [4.69, 9.17) is 4.74 Å². The van der Waals surface area contributed by atoms with E-state index in [1.165, 1.54) is 0 Å². The zero-order chi connectivity index (χ0) is 17.9. The summed E-state index contributed by atoms with van der Waals surface area (Å²) in [6, 6.07) is 12.0. The maximum Gasteiger partial charge on any atom is 0.178 e. The quantitative estimate of drug-likeness (QED) is 0.556. The van der Waals surface area contributed by atoms with E-state index >= 15 is 0 Å². The summed E-state index contributed by atoms with van der Waals surface area (Å²) in [6.45, 7) is 1.45. The molecule has 0 unspecified atom stereocenters. The van der Waals surface area contributed by atoms with Crippen LogP contribution in [-0.2, 0) is 4.74 Å². The van der Waals surface area contributed by atoms with Gasteiger partial charge in [-0.3, -0.25) is 10.1 Å². The van der Waals surface area contributed by atoms with Crippen LogP contribution in [-0.4, -0.2) is 47.5 Å². The van der Waals surface area contributed by atoms with Gasteiger partial charge in [-0.15, -0.1) is 0 Å². The summed E-state index contributed by atoms with van der Waals surface area (Å²) in [4.78, 5) is 11.0. The van der Waals surface area contributed by atoms with Crippen LogP contribution in [0.1, 0.15) is 0 Å². The van der Waals surface area contributed by atoms with Crippen LogP contribution in [0.15, 0.2) is 48.8 Å². The van der Waals surface area contributed by atoms with Gasteiger partial charge in [0.05, 0.1) is 12.1 Å². The number of rotatable bonds is 6. The SMILES string of the molecule is COCCN(C)c1nccc2cc(Nc3n[nH]c4cccnc34)ccc12. The van der Waals surface area contributed by atoms with E-state index in [0.717, 1.165) is 39.9 Å². The third-order valence-electron chi connectivity index (χ3n) is 4.32. The monoisotopic (exact) mass is 348 g/mol. The van der Waals surface area contributed by atoms with Crippen LogP contribution in [0, 0.1) is 0 Å². The molecule has 4 aromatic rings. The largest absolute Gasteiger partial charge is 0.383 e. The molecular weight excluding hydrogens is 328 g/mol. The molecule has 3 aromatic heterocycles. The number of nitrogens with one attached hydrogen (secondary N) is 2. The van der Waals surface area contributed by atoms with Crippen molar-refractivity contribution in [1.29, 1.82) is 0 Å². The number of hydrogen-bond acceptors (Lipinski definition) is 6. The highest BCUT2D eigenvalue weighted by Crippen LogP contribution is 2.28. The molecule has 0 aliphatic carbocycles. The average Bonchev–Trinajstić information content (AvgIpc) is 3.08. The van der Waals surface area contributed by atoms with Crippen molar-refractivity contribution in [3.63, 3.8) is 0 Å². The Morgan fingerprint density at radius 2 is 2.08 bits per heavy atom. The molecule has 0 bridgehead atoms. The first kappa shape index (κ1) is 16.3. The molecule has 0 fully saturated rings. The predicted octanol–water partition coefficient (Wildman–Crippen LogP) is 3.33. The van der Waals surface area contributed by atoms with Crippen LogP contribution in [0.4, 0.5) is 17.3 Å². The molecule has 0 atom stereocenters. The Kier molecular flexibility index (Phi) is 4.37. The Bertz CT molecular complexity index is 1040. The molecule has 7 nitrogen and oxygen atoms in total. The third kappa shape index (κ3) is 3.04. The summed E-state index contributed by atoms with van der Waals surface area (Å²) < 4.78 is 5.16. The maximum atomic E-state index is 5.16. The number of likely N-dealkylation sites (N-methyl/N-ethyl adjacent to an activating group) is 1. The molecule has 2 N–H and O–H groups in total. The number of benzene rings is 1. The Morgan fingerprint density at radius 1 is 1.15 bits per heavy atom. The fraction of sp³-hybridized carbons (Fsp3) is 0.211. The van der Waals surface area contributed by atoms with E-state index in [1.54, 1.807) is 13.3 Å². The van der Waals surface area contributed by atoms with Crippen LogP contribution in [0.2, 0.25) is 0 Å². The highest BCUT2D eigenvalue weighted by Gasteiger charge is 2.10. The summed E-state index contributed by atoms with van der Waals surface area (Å²) in [7, 11) is 3.73. The first-order valence-electron chi connectivity index (χ1n) is 8.41. The van der Waals surface area contributed by atoms with Crippen molar-refractivity contribution in [3.8, 4) is 0 Å². The van der Waals surface area contributed by atoms with Crippen molar-refractivity contribution in [3.05, 3.63) is 48.8 Å². The summed E-state index contributed by atoms with van der Waals surface area (Å²) >= 11 is 0. The zero-order valence-corrected chi connectivity index (χ0v) is 14.7. The number of anilines is 3. The van der Waals surface area contributed by atoms with Crippen LogP contribution in [0.3, 0.4) is 0 Å². The molecule has 0 aliphatic rings.